The standard InChI is InChI=1S/C16H24FNO2/c1-2-3-12-20-13-4-11-18-16(19)10-7-14-5-8-15(17)9-6-14/h5-6,8-9H,2-4,7,10-13H2,1H3,(H,18,19). The van der Waals surface area contributed by atoms with Crippen molar-refractivity contribution in [2.45, 2.75) is 39.0 Å². The number of hydrogen-bond donors (Lipinski definition) is 1. The number of rotatable bonds is 10. The molecule has 0 bridgehead atoms. The van der Waals surface area contributed by atoms with E-state index in [1.54, 1.807) is 12.1 Å². The Morgan fingerprint density at radius 1 is 1.20 bits per heavy atom. The Balaban J connectivity index is 2.01. The minimum atomic E-state index is -0.249. The number of carbonyl (C=O) groups excluding carboxylic acids is 1. The summed E-state index contributed by atoms with van der Waals surface area (Å²) in [6, 6.07) is 6.26. The van der Waals surface area contributed by atoms with Crippen LogP contribution in [0.5, 0.6) is 0 Å². The van der Waals surface area contributed by atoms with Crippen LogP contribution in [-0.2, 0) is 16.0 Å². The highest BCUT2D eigenvalue weighted by Crippen LogP contribution is 2.05. The van der Waals surface area contributed by atoms with E-state index in [1.165, 1.54) is 12.1 Å². The maximum atomic E-state index is 12.7. The van der Waals surface area contributed by atoms with Gasteiger partial charge in [-0.25, -0.2) is 4.39 Å². The molecule has 3 nitrogen and oxygen atoms in total. The number of unbranched alkanes of at least 4 members (excludes halogenated alkanes) is 1. The summed E-state index contributed by atoms with van der Waals surface area (Å²) in [4.78, 5) is 11.6. The second-order valence-corrected chi connectivity index (χ2v) is 4.80. The molecule has 1 aromatic carbocycles. The predicted molar refractivity (Wildman–Crippen MR) is 78.1 cm³/mol. The van der Waals surface area contributed by atoms with Gasteiger partial charge in [-0.3, -0.25) is 4.79 Å². The maximum absolute atomic E-state index is 12.7. The van der Waals surface area contributed by atoms with Gasteiger partial charge in [0.25, 0.3) is 0 Å². The molecule has 1 aromatic rings. The SMILES string of the molecule is CCCCOCCCNC(=O)CCc1ccc(F)cc1. The fraction of sp³-hybridized carbons (Fsp3) is 0.562. The molecule has 1 amide bonds. The van der Waals surface area contributed by atoms with Gasteiger partial charge in [-0.1, -0.05) is 25.5 Å². The van der Waals surface area contributed by atoms with E-state index in [0.717, 1.165) is 31.4 Å². The lowest BCUT2D eigenvalue weighted by atomic mass is 10.1. The van der Waals surface area contributed by atoms with Crippen molar-refractivity contribution < 1.29 is 13.9 Å². The van der Waals surface area contributed by atoms with Crippen LogP contribution in [0.1, 0.15) is 38.2 Å². The molecule has 0 aliphatic rings. The summed E-state index contributed by atoms with van der Waals surface area (Å²) in [7, 11) is 0. The van der Waals surface area contributed by atoms with Crippen molar-refractivity contribution in [3.05, 3.63) is 35.6 Å². The quantitative estimate of drug-likeness (QED) is 0.669. The fourth-order valence-electron chi connectivity index (χ4n) is 1.75. The van der Waals surface area contributed by atoms with E-state index in [1.807, 2.05) is 0 Å². The first-order chi connectivity index (χ1) is 9.72. The van der Waals surface area contributed by atoms with Crippen LogP contribution in [0, 0.1) is 5.82 Å². The van der Waals surface area contributed by atoms with Gasteiger partial charge < -0.3 is 10.1 Å². The first kappa shape index (κ1) is 16.6. The second-order valence-electron chi connectivity index (χ2n) is 4.80. The topological polar surface area (TPSA) is 38.3 Å². The normalized spacial score (nSPS) is 10.5. The number of hydrogen-bond acceptors (Lipinski definition) is 2. The number of aryl methyl sites for hydroxylation is 1. The van der Waals surface area contributed by atoms with E-state index in [2.05, 4.69) is 12.2 Å². The molecule has 0 saturated heterocycles. The third kappa shape index (κ3) is 7.89. The monoisotopic (exact) mass is 281 g/mol. The maximum Gasteiger partial charge on any atom is 0.220 e. The van der Waals surface area contributed by atoms with Gasteiger partial charge in [0.2, 0.25) is 5.91 Å². The van der Waals surface area contributed by atoms with E-state index < -0.39 is 0 Å². The molecule has 0 saturated carbocycles. The van der Waals surface area contributed by atoms with Crippen LogP contribution in [0.2, 0.25) is 0 Å². The van der Waals surface area contributed by atoms with Gasteiger partial charge in [0, 0.05) is 26.2 Å². The summed E-state index contributed by atoms with van der Waals surface area (Å²) in [5.41, 5.74) is 0.976. The van der Waals surface area contributed by atoms with E-state index in [-0.39, 0.29) is 11.7 Å². The predicted octanol–water partition coefficient (Wildman–Crippen LogP) is 3.08. The largest absolute Gasteiger partial charge is 0.381 e. The Morgan fingerprint density at radius 2 is 1.90 bits per heavy atom. The third-order valence-corrected chi connectivity index (χ3v) is 2.98. The zero-order valence-corrected chi connectivity index (χ0v) is 12.2. The fourth-order valence-corrected chi connectivity index (χ4v) is 1.75. The molecule has 0 radical (unpaired) electrons. The van der Waals surface area contributed by atoms with E-state index >= 15 is 0 Å². The lowest BCUT2D eigenvalue weighted by Crippen LogP contribution is -2.25. The van der Waals surface area contributed by atoms with Crippen LogP contribution >= 0.6 is 0 Å². The summed E-state index contributed by atoms with van der Waals surface area (Å²) in [6.45, 7) is 4.27. The molecule has 1 rings (SSSR count). The van der Waals surface area contributed by atoms with Crippen molar-refractivity contribution in [3.63, 3.8) is 0 Å². The molecular weight excluding hydrogens is 257 g/mol. The number of ether oxygens (including phenoxy) is 1. The van der Waals surface area contributed by atoms with Gasteiger partial charge in [-0.2, -0.15) is 0 Å². The summed E-state index contributed by atoms with van der Waals surface area (Å²) in [5, 5.41) is 2.86. The van der Waals surface area contributed by atoms with Crippen molar-refractivity contribution in [1.82, 2.24) is 5.32 Å². The van der Waals surface area contributed by atoms with Gasteiger partial charge in [0.1, 0.15) is 5.82 Å². The first-order valence-corrected chi connectivity index (χ1v) is 7.31. The molecule has 1 N–H and O–H groups in total. The van der Waals surface area contributed by atoms with Crippen LogP contribution in [0.15, 0.2) is 24.3 Å². The molecule has 0 heterocycles. The molecule has 0 aliphatic heterocycles. The van der Waals surface area contributed by atoms with Gasteiger partial charge in [0.15, 0.2) is 0 Å². The third-order valence-electron chi connectivity index (χ3n) is 2.98. The van der Waals surface area contributed by atoms with Gasteiger partial charge >= 0.3 is 0 Å². The summed E-state index contributed by atoms with van der Waals surface area (Å²) >= 11 is 0. The summed E-state index contributed by atoms with van der Waals surface area (Å²) < 4.78 is 18.1. The zero-order valence-electron chi connectivity index (χ0n) is 12.2. The second kappa shape index (κ2) is 10.4. The zero-order chi connectivity index (χ0) is 14.6. The molecular formula is C16H24FNO2. The molecule has 4 heteroatoms. The molecule has 0 atom stereocenters. The van der Waals surface area contributed by atoms with Crippen molar-refractivity contribution >= 4 is 5.91 Å². The number of carbonyl (C=O) groups is 1. The van der Waals surface area contributed by atoms with Gasteiger partial charge in [0.05, 0.1) is 0 Å². The minimum absolute atomic E-state index is 0.0304. The number of nitrogens with one attached hydrogen (secondary N) is 1. The highest BCUT2D eigenvalue weighted by molar-refractivity contribution is 5.76. The molecule has 20 heavy (non-hydrogen) atoms. The first-order valence-electron chi connectivity index (χ1n) is 7.31. The number of halogens is 1. The lowest BCUT2D eigenvalue weighted by molar-refractivity contribution is -0.121. The Morgan fingerprint density at radius 3 is 2.60 bits per heavy atom. The van der Waals surface area contributed by atoms with Crippen molar-refractivity contribution in [2.24, 2.45) is 0 Å². The molecule has 0 unspecified atom stereocenters. The highest BCUT2D eigenvalue weighted by atomic mass is 19.1. The Kier molecular flexibility index (Phi) is 8.63. The lowest BCUT2D eigenvalue weighted by Gasteiger charge is -2.06. The summed E-state index contributed by atoms with van der Waals surface area (Å²) in [5.74, 6) is -0.218. The molecule has 112 valence electrons. The van der Waals surface area contributed by atoms with Gasteiger partial charge in [-0.15, -0.1) is 0 Å². The highest BCUT2D eigenvalue weighted by Gasteiger charge is 2.02. The van der Waals surface area contributed by atoms with Crippen LogP contribution in [0.25, 0.3) is 0 Å². The van der Waals surface area contributed by atoms with Gasteiger partial charge in [-0.05, 0) is 37.0 Å². The molecule has 0 aliphatic carbocycles. The van der Waals surface area contributed by atoms with Crippen LogP contribution in [0.3, 0.4) is 0 Å². The van der Waals surface area contributed by atoms with E-state index in [0.29, 0.717) is 26.0 Å². The van der Waals surface area contributed by atoms with Crippen molar-refractivity contribution in [2.75, 3.05) is 19.8 Å². The molecule has 0 aromatic heterocycles. The molecule has 0 spiro atoms. The smallest absolute Gasteiger partial charge is 0.220 e. The molecule has 0 fully saturated rings. The Labute approximate surface area is 120 Å². The number of amides is 1. The minimum Gasteiger partial charge on any atom is -0.381 e. The van der Waals surface area contributed by atoms with Crippen LogP contribution < -0.4 is 5.32 Å². The number of benzene rings is 1. The van der Waals surface area contributed by atoms with E-state index in [9.17, 15) is 9.18 Å². The Bertz CT molecular complexity index is 379. The Hall–Kier alpha value is -1.42. The average Bonchev–Trinajstić information content (AvgIpc) is 2.46. The van der Waals surface area contributed by atoms with Crippen LogP contribution in [-0.4, -0.2) is 25.7 Å². The average molecular weight is 281 g/mol. The van der Waals surface area contributed by atoms with Crippen molar-refractivity contribution in [3.8, 4) is 0 Å². The van der Waals surface area contributed by atoms with Crippen molar-refractivity contribution in [1.29, 1.82) is 0 Å². The summed E-state index contributed by atoms with van der Waals surface area (Å²) in [6.07, 6.45) is 4.14. The van der Waals surface area contributed by atoms with Crippen LogP contribution in [0.4, 0.5) is 4.39 Å². The van der Waals surface area contributed by atoms with E-state index in [4.69, 9.17) is 4.74 Å².